The van der Waals surface area contributed by atoms with Gasteiger partial charge in [-0.1, -0.05) is 11.6 Å². The number of nitro groups is 1. The number of nitrogens with zero attached hydrogens (tertiary/aromatic N) is 1. The van der Waals surface area contributed by atoms with E-state index < -0.39 is 10.5 Å². The van der Waals surface area contributed by atoms with E-state index in [-0.39, 0.29) is 23.0 Å². The molecule has 1 aliphatic rings. The highest BCUT2D eigenvalue weighted by molar-refractivity contribution is 6.33. The zero-order valence-corrected chi connectivity index (χ0v) is 10.9. The number of carbonyl (C=O) groups excluding carboxylic acids is 1. The van der Waals surface area contributed by atoms with Crippen molar-refractivity contribution in [1.29, 1.82) is 0 Å². The second kappa shape index (κ2) is 5.14. The molecule has 0 heterocycles. The number of benzene rings is 1. The van der Waals surface area contributed by atoms with Gasteiger partial charge in [-0.2, -0.15) is 0 Å². The highest BCUT2D eigenvalue weighted by Crippen LogP contribution is 2.33. The van der Waals surface area contributed by atoms with Crippen LogP contribution in [0.1, 0.15) is 25.7 Å². The summed E-state index contributed by atoms with van der Waals surface area (Å²) in [6.45, 7) is 0. The van der Waals surface area contributed by atoms with Crippen molar-refractivity contribution >= 4 is 28.9 Å². The second-order valence-electron chi connectivity index (χ2n) is 4.86. The first kappa shape index (κ1) is 13.8. The molecule has 1 fully saturated rings. The Balaban J connectivity index is 2.02. The van der Waals surface area contributed by atoms with Gasteiger partial charge in [0.25, 0.3) is 5.69 Å². The summed E-state index contributed by atoms with van der Waals surface area (Å²) in [6.07, 6.45) is 2.96. The molecule has 0 unspecified atom stereocenters. The van der Waals surface area contributed by atoms with Crippen LogP contribution in [-0.2, 0) is 4.79 Å². The minimum absolute atomic E-state index is 0.114. The summed E-state index contributed by atoms with van der Waals surface area (Å²) in [5.74, 6) is -0.224. The molecule has 0 radical (unpaired) electrons. The molecule has 102 valence electrons. The number of anilines is 1. The summed E-state index contributed by atoms with van der Waals surface area (Å²) in [5.41, 5.74) is 5.82. The van der Waals surface area contributed by atoms with Crippen molar-refractivity contribution in [2.45, 2.75) is 31.2 Å². The van der Waals surface area contributed by atoms with Crippen LogP contribution >= 0.6 is 11.6 Å². The smallest absolute Gasteiger partial charge is 0.271 e. The van der Waals surface area contributed by atoms with Gasteiger partial charge in [-0.15, -0.1) is 0 Å². The van der Waals surface area contributed by atoms with Crippen molar-refractivity contribution in [3.63, 3.8) is 0 Å². The third-order valence-corrected chi connectivity index (χ3v) is 3.61. The van der Waals surface area contributed by atoms with E-state index in [9.17, 15) is 14.9 Å². The maximum absolute atomic E-state index is 11.8. The Labute approximate surface area is 115 Å². The van der Waals surface area contributed by atoms with Gasteiger partial charge in [0, 0.05) is 24.1 Å². The van der Waals surface area contributed by atoms with E-state index in [4.69, 9.17) is 17.3 Å². The second-order valence-corrected chi connectivity index (χ2v) is 5.27. The highest BCUT2D eigenvalue weighted by atomic mass is 35.5. The van der Waals surface area contributed by atoms with Gasteiger partial charge in [-0.05, 0) is 25.3 Å². The number of hydrogen-bond acceptors (Lipinski definition) is 4. The number of non-ortho nitro benzene ring substituents is 1. The molecule has 7 heteroatoms. The maximum atomic E-state index is 11.8. The molecule has 1 saturated carbocycles. The fourth-order valence-electron chi connectivity index (χ4n) is 2.04. The highest BCUT2D eigenvalue weighted by Gasteiger charge is 2.34. The number of carbonyl (C=O) groups is 1. The predicted octanol–water partition coefficient (Wildman–Crippen LogP) is 2.46. The fraction of sp³-hybridized carbons (Fsp3) is 0.417. The average molecular weight is 284 g/mol. The Bertz CT molecular complexity index is 529. The largest absolute Gasteiger partial charge is 0.325 e. The van der Waals surface area contributed by atoms with E-state index in [2.05, 4.69) is 5.32 Å². The number of nitro benzene ring substituents is 1. The zero-order chi connectivity index (χ0) is 14.0. The van der Waals surface area contributed by atoms with Gasteiger partial charge in [0.05, 0.1) is 15.6 Å². The predicted molar refractivity (Wildman–Crippen MR) is 72.1 cm³/mol. The molecule has 0 aliphatic heterocycles. The first-order valence-corrected chi connectivity index (χ1v) is 6.30. The maximum Gasteiger partial charge on any atom is 0.271 e. The molecule has 0 spiro atoms. The van der Waals surface area contributed by atoms with E-state index in [1.807, 2.05) is 0 Å². The molecule has 1 aliphatic carbocycles. The first-order chi connectivity index (χ1) is 8.89. The van der Waals surface area contributed by atoms with Gasteiger partial charge in [-0.3, -0.25) is 14.9 Å². The molecule has 0 saturated heterocycles. The molecule has 6 nitrogen and oxygen atoms in total. The molecule has 19 heavy (non-hydrogen) atoms. The Hall–Kier alpha value is -1.66. The number of hydrogen-bond donors (Lipinski definition) is 2. The van der Waals surface area contributed by atoms with Crippen LogP contribution in [0.3, 0.4) is 0 Å². The summed E-state index contributed by atoms with van der Waals surface area (Å²) in [6, 6.07) is 3.92. The SMILES string of the molecule is NC1(CC(=O)Nc2ccc([N+](=O)[O-])cc2Cl)CCC1. The molecule has 0 aromatic heterocycles. The van der Waals surface area contributed by atoms with E-state index >= 15 is 0 Å². The number of nitrogens with one attached hydrogen (secondary N) is 1. The molecule has 2 rings (SSSR count). The quantitative estimate of drug-likeness (QED) is 0.655. The number of rotatable bonds is 4. The molecule has 1 aromatic carbocycles. The van der Waals surface area contributed by atoms with Gasteiger partial charge in [0.2, 0.25) is 5.91 Å². The molecule has 3 N–H and O–H groups in total. The lowest BCUT2D eigenvalue weighted by molar-refractivity contribution is -0.384. The summed E-state index contributed by atoms with van der Waals surface area (Å²) in [4.78, 5) is 21.8. The Morgan fingerprint density at radius 1 is 1.53 bits per heavy atom. The summed E-state index contributed by atoms with van der Waals surface area (Å²) in [7, 11) is 0. The third kappa shape index (κ3) is 3.21. The standard InChI is InChI=1S/C12H14ClN3O3/c13-9-6-8(16(18)19)2-3-10(9)15-11(17)7-12(14)4-1-5-12/h2-3,6H,1,4-5,7,14H2,(H,15,17). The van der Waals surface area contributed by atoms with E-state index in [0.717, 1.165) is 19.3 Å². The van der Waals surface area contributed by atoms with Crippen molar-refractivity contribution in [2.75, 3.05) is 5.32 Å². The van der Waals surface area contributed by atoms with Crippen LogP contribution in [0, 0.1) is 10.1 Å². The van der Waals surface area contributed by atoms with Gasteiger partial charge >= 0.3 is 0 Å². The van der Waals surface area contributed by atoms with Crippen LogP contribution in [0.2, 0.25) is 5.02 Å². The minimum Gasteiger partial charge on any atom is -0.325 e. The van der Waals surface area contributed by atoms with Crippen molar-refractivity contribution in [2.24, 2.45) is 5.73 Å². The monoisotopic (exact) mass is 283 g/mol. The Morgan fingerprint density at radius 3 is 2.68 bits per heavy atom. The lowest BCUT2D eigenvalue weighted by Gasteiger charge is -2.37. The van der Waals surface area contributed by atoms with Crippen LogP contribution < -0.4 is 11.1 Å². The molecule has 1 aromatic rings. The molecule has 0 bridgehead atoms. The average Bonchev–Trinajstić information content (AvgIpc) is 2.29. The lowest BCUT2D eigenvalue weighted by Crippen LogP contribution is -2.48. The number of amides is 1. The van der Waals surface area contributed by atoms with E-state index in [0.29, 0.717) is 5.69 Å². The molecule has 0 atom stereocenters. The summed E-state index contributed by atoms with van der Waals surface area (Å²) >= 11 is 5.89. The van der Waals surface area contributed by atoms with Crippen LogP contribution in [-0.4, -0.2) is 16.4 Å². The number of halogens is 1. The van der Waals surface area contributed by atoms with Crippen LogP contribution in [0.4, 0.5) is 11.4 Å². The van der Waals surface area contributed by atoms with Gasteiger partial charge in [-0.25, -0.2) is 0 Å². The first-order valence-electron chi connectivity index (χ1n) is 5.92. The van der Waals surface area contributed by atoms with Gasteiger partial charge in [0.1, 0.15) is 0 Å². The lowest BCUT2D eigenvalue weighted by atomic mass is 9.75. The number of nitrogens with two attached hydrogens (primary N) is 1. The Kier molecular flexibility index (Phi) is 3.73. The zero-order valence-electron chi connectivity index (χ0n) is 10.2. The minimum atomic E-state index is -0.541. The van der Waals surface area contributed by atoms with Gasteiger partial charge < -0.3 is 11.1 Å². The van der Waals surface area contributed by atoms with Crippen molar-refractivity contribution in [3.8, 4) is 0 Å². The Morgan fingerprint density at radius 2 is 2.21 bits per heavy atom. The van der Waals surface area contributed by atoms with E-state index in [1.165, 1.54) is 18.2 Å². The third-order valence-electron chi connectivity index (χ3n) is 3.30. The van der Waals surface area contributed by atoms with E-state index in [1.54, 1.807) is 0 Å². The summed E-state index contributed by atoms with van der Waals surface area (Å²) in [5, 5.41) is 13.3. The van der Waals surface area contributed by atoms with Crippen molar-refractivity contribution < 1.29 is 9.72 Å². The normalized spacial score (nSPS) is 16.5. The molecule has 1 amide bonds. The van der Waals surface area contributed by atoms with Crippen LogP contribution in [0.5, 0.6) is 0 Å². The fourth-order valence-corrected chi connectivity index (χ4v) is 2.26. The van der Waals surface area contributed by atoms with Crippen LogP contribution in [0.25, 0.3) is 0 Å². The molecular weight excluding hydrogens is 270 g/mol. The van der Waals surface area contributed by atoms with Crippen molar-refractivity contribution in [1.82, 2.24) is 0 Å². The van der Waals surface area contributed by atoms with Gasteiger partial charge in [0.15, 0.2) is 0 Å². The van der Waals surface area contributed by atoms with Crippen LogP contribution in [0.15, 0.2) is 18.2 Å². The molecular formula is C12H14ClN3O3. The summed E-state index contributed by atoms with van der Waals surface area (Å²) < 4.78 is 0. The topological polar surface area (TPSA) is 98.3 Å². The van der Waals surface area contributed by atoms with Crippen molar-refractivity contribution in [3.05, 3.63) is 33.3 Å².